The Labute approximate surface area is 183 Å². The third-order valence-electron chi connectivity index (χ3n) is 5.83. The summed E-state index contributed by atoms with van der Waals surface area (Å²) in [5.41, 5.74) is 1.42. The van der Waals surface area contributed by atoms with Crippen LogP contribution in [0.3, 0.4) is 0 Å². The van der Waals surface area contributed by atoms with Crippen LogP contribution in [0.5, 0.6) is 5.75 Å². The van der Waals surface area contributed by atoms with E-state index in [2.05, 4.69) is 6.92 Å². The second kappa shape index (κ2) is 9.65. The Morgan fingerprint density at radius 3 is 2.23 bits per heavy atom. The molecule has 1 aliphatic carbocycles. The number of ether oxygens (including phenoxy) is 2. The van der Waals surface area contributed by atoms with E-state index in [4.69, 9.17) is 9.47 Å². The Balaban J connectivity index is 2.00. The number of rotatable bonds is 6. The molecule has 1 amide bonds. The molecule has 0 unspecified atom stereocenters. The van der Waals surface area contributed by atoms with E-state index in [1.54, 1.807) is 7.11 Å². The average Bonchev–Trinajstić information content (AvgIpc) is 3.18. The van der Waals surface area contributed by atoms with Gasteiger partial charge in [0.2, 0.25) is 5.91 Å². The monoisotopic (exact) mass is 429 g/mol. The summed E-state index contributed by atoms with van der Waals surface area (Å²) in [5.74, 6) is 1.16. The molecule has 6 heteroatoms. The highest BCUT2D eigenvalue weighted by atomic mass is 32.1. The Bertz CT molecular complexity index is 879. The van der Waals surface area contributed by atoms with E-state index < -0.39 is 5.97 Å². The largest absolute Gasteiger partial charge is 0.497 e. The quantitative estimate of drug-likeness (QED) is 0.546. The summed E-state index contributed by atoms with van der Waals surface area (Å²) in [5, 5.41) is 0.672. The maximum Gasteiger partial charge on any atom is 0.340 e. The topological polar surface area (TPSA) is 55.8 Å². The zero-order valence-electron chi connectivity index (χ0n) is 18.4. The van der Waals surface area contributed by atoms with Crippen LogP contribution in [-0.4, -0.2) is 32.1 Å². The number of methoxy groups -OCH3 is 2. The molecular formula is C24H31NO4S. The van der Waals surface area contributed by atoms with Crippen molar-refractivity contribution in [2.45, 2.75) is 52.5 Å². The summed E-state index contributed by atoms with van der Waals surface area (Å²) in [6.45, 7) is 6.24. The van der Waals surface area contributed by atoms with Gasteiger partial charge >= 0.3 is 5.97 Å². The van der Waals surface area contributed by atoms with E-state index in [9.17, 15) is 9.59 Å². The smallest absolute Gasteiger partial charge is 0.340 e. The van der Waals surface area contributed by atoms with Crippen LogP contribution < -0.4 is 9.64 Å². The molecule has 0 spiro atoms. The number of esters is 1. The number of benzene rings is 1. The first kappa shape index (κ1) is 22.3. The molecule has 162 valence electrons. The zero-order chi connectivity index (χ0) is 21.8. The van der Waals surface area contributed by atoms with Gasteiger partial charge in [0.1, 0.15) is 10.8 Å². The summed E-state index contributed by atoms with van der Waals surface area (Å²) in [6, 6.07) is 9.48. The molecule has 30 heavy (non-hydrogen) atoms. The predicted octanol–water partition coefficient (Wildman–Crippen LogP) is 5.78. The van der Waals surface area contributed by atoms with Crippen molar-refractivity contribution in [1.82, 2.24) is 0 Å². The van der Waals surface area contributed by atoms with E-state index in [0.29, 0.717) is 16.5 Å². The molecule has 1 aromatic heterocycles. The van der Waals surface area contributed by atoms with Gasteiger partial charge in [0.05, 0.1) is 19.8 Å². The molecule has 1 heterocycles. The highest BCUT2D eigenvalue weighted by Gasteiger charge is 2.33. The van der Waals surface area contributed by atoms with Crippen LogP contribution in [0, 0.1) is 11.8 Å². The molecule has 1 saturated carbocycles. The number of hydrogen-bond acceptors (Lipinski definition) is 5. The first-order valence-corrected chi connectivity index (χ1v) is 11.4. The normalized spacial score (nSPS) is 18.9. The lowest BCUT2D eigenvalue weighted by molar-refractivity contribution is -0.123. The van der Waals surface area contributed by atoms with Gasteiger partial charge in [0.15, 0.2) is 0 Å². The van der Waals surface area contributed by atoms with Gasteiger partial charge in [-0.3, -0.25) is 4.79 Å². The number of anilines is 1. The second-order valence-electron chi connectivity index (χ2n) is 8.31. The molecule has 0 radical (unpaired) electrons. The minimum Gasteiger partial charge on any atom is -0.497 e. The lowest BCUT2D eigenvalue weighted by atomic mass is 9.82. The second-order valence-corrected chi connectivity index (χ2v) is 9.34. The Hall–Kier alpha value is -2.34. The minimum absolute atomic E-state index is 0.0145. The van der Waals surface area contributed by atoms with Crippen molar-refractivity contribution >= 4 is 28.2 Å². The van der Waals surface area contributed by atoms with Crippen LogP contribution in [-0.2, 0) is 9.53 Å². The summed E-state index contributed by atoms with van der Waals surface area (Å²) in [7, 11) is 3.01. The van der Waals surface area contributed by atoms with Crippen LogP contribution in [0.2, 0.25) is 0 Å². The number of carbonyl (C=O) groups is 2. The van der Waals surface area contributed by atoms with Crippen molar-refractivity contribution in [3.8, 4) is 16.2 Å². The molecule has 5 nitrogen and oxygen atoms in total. The molecule has 0 N–H and O–H groups in total. The Kier molecular flexibility index (Phi) is 7.19. The molecule has 1 aliphatic rings. The fourth-order valence-corrected chi connectivity index (χ4v) is 5.30. The number of carbonyl (C=O) groups excluding carboxylic acids is 2. The molecule has 1 aromatic carbocycles. The van der Waals surface area contributed by atoms with Gasteiger partial charge < -0.3 is 14.4 Å². The first-order chi connectivity index (χ1) is 14.3. The van der Waals surface area contributed by atoms with E-state index >= 15 is 0 Å². The molecular weight excluding hydrogens is 398 g/mol. The highest BCUT2D eigenvalue weighted by Crippen LogP contribution is 2.41. The van der Waals surface area contributed by atoms with Crippen LogP contribution in [0.15, 0.2) is 30.3 Å². The molecule has 1 fully saturated rings. The number of hydrogen-bond donors (Lipinski definition) is 0. The standard InChI is InChI=1S/C24H31NO4S/c1-15(2)25(22(26)18-8-6-16(3)7-9-18)23-20(24(27)29-5)14-21(30-23)17-10-12-19(28-4)13-11-17/h10-16,18H,6-9H2,1-5H3/t16-,18-. The minimum atomic E-state index is -0.420. The van der Waals surface area contributed by atoms with Crippen molar-refractivity contribution < 1.29 is 19.1 Å². The Morgan fingerprint density at radius 1 is 1.07 bits per heavy atom. The zero-order valence-corrected chi connectivity index (χ0v) is 19.3. The SMILES string of the molecule is COC(=O)c1cc(-c2ccc(OC)cc2)sc1N(C(=O)[C@H]1CC[C@H](C)CC1)C(C)C. The molecule has 0 aliphatic heterocycles. The number of thiophene rings is 1. The van der Waals surface area contributed by atoms with E-state index in [-0.39, 0.29) is 17.9 Å². The van der Waals surface area contributed by atoms with Crippen LogP contribution in [0.1, 0.15) is 56.8 Å². The predicted molar refractivity (Wildman–Crippen MR) is 121 cm³/mol. The first-order valence-electron chi connectivity index (χ1n) is 10.5. The number of amides is 1. The van der Waals surface area contributed by atoms with Crippen molar-refractivity contribution in [1.29, 1.82) is 0 Å². The van der Waals surface area contributed by atoms with Crippen LogP contribution in [0.25, 0.3) is 10.4 Å². The third-order valence-corrected chi connectivity index (χ3v) is 7.01. The van der Waals surface area contributed by atoms with Gasteiger partial charge in [-0.2, -0.15) is 0 Å². The van der Waals surface area contributed by atoms with Crippen molar-refractivity contribution in [3.63, 3.8) is 0 Å². The third kappa shape index (κ3) is 4.69. The highest BCUT2D eigenvalue weighted by molar-refractivity contribution is 7.20. The summed E-state index contributed by atoms with van der Waals surface area (Å²) in [4.78, 5) is 28.8. The summed E-state index contributed by atoms with van der Waals surface area (Å²) >= 11 is 1.46. The van der Waals surface area contributed by atoms with Gasteiger partial charge in [-0.25, -0.2) is 4.79 Å². The Morgan fingerprint density at radius 2 is 1.70 bits per heavy atom. The van der Waals surface area contributed by atoms with Crippen molar-refractivity contribution in [2.75, 3.05) is 19.1 Å². The fourth-order valence-electron chi connectivity index (χ4n) is 4.01. The molecule has 0 atom stereocenters. The maximum absolute atomic E-state index is 13.5. The summed E-state index contributed by atoms with van der Waals surface area (Å²) in [6.07, 6.45) is 3.97. The number of nitrogens with zero attached hydrogens (tertiary/aromatic N) is 1. The molecule has 3 rings (SSSR count). The average molecular weight is 430 g/mol. The summed E-state index contributed by atoms with van der Waals surface area (Å²) < 4.78 is 10.3. The van der Waals surface area contributed by atoms with Crippen molar-refractivity contribution in [2.24, 2.45) is 11.8 Å². The maximum atomic E-state index is 13.5. The van der Waals surface area contributed by atoms with E-state index in [1.807, 2.05) is 49.1 Å². The fraction of sp³-hybridized carbons (Fsp3) is 0.500. The van der Waals surface area contributed by atoms with Gasteiger partial charge in [0, 0.05) is 16.8 Å². The molecule has 0 bridgehead atoms. The van der Waals surface area contributed by atoms with E-state index in [1.165, 1.54) is 18.4 Å². The van der Waals surface area contributed by atoms with Gasteiger partial charge in [-0.1, -0.05) is 6.92 Å². The lowest BCUT2D eigenvalue weighted by Crippen LogP contribution is -2.42. The lowest BCUT2D eigenvalue weighted by Gasteiger charge is -2.33. The van der Waals surface area contributed by atoms with Crippen molar-refractivity contribution in [3.05, 3.63) is 35.9 Å². The molecule has 2 aromatic rings. The van der Waals surface area contributed by atoms with Crippen LogP contribution in [0.4, 0.5) is 5.00 Å². The van der Waals surface area contributed by atoms with E-state index in [0.717, 1.165) is 41.9 Å². The van der Waals surface area contributed by atoms with Crippen LogP contribution >= 0.6 is 11.3 Å². The van der Waals surface area contributed by atoms with Gasteiger partial charge in [0.25, 0.3) is 0 Å². The van der Waals surface area contributed by atoms with Gasteiger partial charge in [-0.05, 0) is 81.3 Å². The molecule has 0 saturated heterocycles. The van der Waals surface area contributed by atoms with Gasteiger partial charge in [-0.15, -0.1) is 11.3 Å².